The molecule has 0 amide bonds. The fourth-order valence-electron chi connectivity index (χ4n) is 2.85. The summed E-state index contributed by atoms with van der Waals surface area (Å²) >= 11 is 3.40. The lowest BCUT2D eigenvalue weighted by Crippen LogP contribution is -2.32. The number of aryl methyl sites for hydroxylation is 1. The first-order valence-corrected chi connectivity index (χ1v) is 10.2. The number of carbonyl (C=O) groups excluding carboxylic acids is 1. The standard InChI is InChI=1S/C19H18BrNO4S/c1-13-3-6-17(7-4-13)26(23,24)21-10-9-14(19(22)25-2)11-15-12-16(20)5-8-18(15)21/h3-8,11-12H,9-10H2,1-2H3. The normalized spacial score (nSPS) is 14.3. The molecule has 0 saturated carbocycles. The first kappa shape index (κ1) is 18.7. The molecule has 0 unspecified atom stereocenters. The van der Waals surface area contributed by atoms with Gasteiger partial charge >= 0.3 is 5.97 Å². The fraction of sp³-hybridized carbons (Fsp3) is 0.211. The zero-order valence-corrected chi connectivity index (χ0v) is 16.8. The molecule has 26 heavy (non-hydrogen) atoms. The molecule has 0 aromatic heterocycles. The Balaban J connectivity index is 2.11. The van der Waals surface area contributed by atoms with Crippen LogP contribution in [0.4, 0.5) is 5.69 Å². The van der Waals surface area contributed by atoms with Crippen LogP contribution in [0.5, 0.6) is 0 Å². The molecule has 5 nitrogen and oxygen atoms in total. The van der Waals surface area contributed by atoms with E-state index < -0.39 is 16.0 Å². The molecule has 0 atom stereocenters. The number of hydrogen-bond acceptors (Lipinski definition) is 4. The maximum Gasteiger partial charge on any atom is 0.333 e. The molecule has 0 saturated heterocycles. The average Bonchev–Trinajstić information content (AvgIpc) is 2.81. The van der Waals surface area contributed by atoms with Gasteiger partial charge in [0.1, 0.15) is 0 Å². The number of ether oxygens (including phenoxy) is 1. The molecule has 7 heteroatoms. The molecule has 1 aliphatic heterocycles. The van der Waals surface area contributed by atoms with E-state index in [0.29, 0.717) is 16.8 Å². The van der Waals surface area contributed by atoms with E-state index in [1.807, 2.05) is 6.92 Å². The summed E-state index contributed by atoms with van der Waals surface area (Å²) in [5.74, 6) is -0.453. The van der Waals surface area contributed by atoms with Crippen molar-refractivity contribution >= 4 is 43.7 Å². The number of carbonyl (C=O) groups is 1. The highest BCUT2D eigenvalue weighted by molar-refractivity contribution is 9.10. The summed E-state index contributed by atoms with van der Waals surface area (Å²) in [4.78, 5) is 12.2. The van der Waals surface area contributed by atoms with Crippen molar-refractivity contribution in [2.45, 2.75) is 18.2 Å². The Morgan fingerprint density at radius 3 is 2.50 bits per heavy atom. The highest BCUT2D eigenvalue weighted by Gasteiger charge is 2.29. The minimum Gasteiger partial charge on any atom is -0.466 e. The Labute approximate surface area is 161 Å². The summed E-state index contributed by atoms with van der Waals surface area (Å²) in [7, 11) is -2.44. The second-order valence-electron chi connectivity index (χ2n) is 6.00. The lowest BCUT2D eigenvalue weighted by atomic mass is 10.1. The van der Waals surface area contributed by atoms with Crippen molar-refractivity contribution in [1.29, 1.82) is 0 Å². The number of rotatable bonds is 3. The Kier molecular flexibility index (Phi) is 5.20. The second-order valence-corrected chi connectivity index (χ2v) is 8.78. The molecule has 2 aromatic rings. The molecule has 0 bridgehead atoms. The van der Waals surface area contributed by atoms with Crippen LogP contribution in [0.1, 0.15) is 17.5 Å². The number of esters is 1. The molecule has 1 heterocycles. The minimum atomic E-state index is -3.75. The third kappa shape index (κ3) is 3.54. The number of methoxy groups -OCH3 is 1. The Bertz CT molecular complexity index is 981. The predicted molar refractivity (Wildman–Crippen MR) is 104 cm³/mol. The van der Waals surface area contributed by atoms with Gasteiger partial charge in [0.05, 0.1) is 17.7 Å². The third-order valence-corrected chi connectivity index (χ3v) is 6.55. The molecule has 0 aliphatic carbocycles. The summed E-state index contributed by atoms with van der Waals surface area (Å²) in [6.45, 7) is 2.06. The first-order chi connectivity index (χ1) is 12.3. The van der Waals surface area contributed by atoms with Crippen LogP contribution >= 0.6 is 15.9 Å². The van der Waals surface area contributed by atoms with Gasteiger partial charge in [-0.3, -0.25) is 4.31 Å². The predicted octanol–water partition coefficient (Wildman–Crippen LogP) is 3.91. The molecule has 0 fully saturated rings. The molecule has 0 spiro atoms. The number of halogens is 1. The Hall–Kier alpha value is -2.12. The van der Waals surface area contributed by atoms with Gasteiger partial charge in [0.25, 0.3) is 10.0 Å². The molecular formula is C19H18BrNO4S. The van der Waals surface area contributed by atoms with Gasteiger partial charge in [-0.1, -0.05) is 33.6 Å². The average molecular weight is 436 g/mol. The smallest absolute Gasteiger partial charge is 0.333 e. The van der Waals surface area contributed by atoms with Crippen LogP contribution < -0.4 is 4.31 Å². The molecule has 3 rings (SSSR count). The van der Waals surface area contributed by atoms with Crippen molar-refractivity contribution in [3.8, 4) is 0 Å². The lowest BCUT2D eigenvalue weighted by Gasteiger charge is -2.25. The zero-order valence-electron chi connectivity index (χ0n) is 14.4. The van der Waals surface area contributed by atoms with E-state index in [1.54, 1.807) is 48.5 Å². The highest BCUT2D eigenvalue weighted by atomic mass is 79.9. The summed E-state index contributed by atoms with van der Waals surface area (Å²) in [6.07, 6.45) is 1.96. The van der Waals surface area contributed by atoms with Gasteiger partial charge in [-0.2, -0.15) is 0 Å². The van der Waals surface area contributed by atoms with Crippen molar-refractivity contribution in [2.75, 3.05) is 18.0 Å². The van der Waals surface area contributed by atoms with Crippen molar-refractivity contribution in [1.82, 2.24) is 0 Å². The van der Waals surface area contributed by atoms with Gasteiger partial charge in [0, 0.05) is 22.2 Å². The summed E-state index contributed by atoms with van der Waals surface area (Å²) < 4.78 is 33.4. The summed E-state index contributed by atoms with van der Waals surface area (Å²) in [6, 6.07) is 12.1. The number of hydrogen-bond donors (Lipinski definition) is 0. The van der Waals surface area contributed by atoms with Crippen LogP contribution in [0.2, 0.25) is 0 Å². The maximum absolute atomic E-state index is 13.2. The summed E-state index contributed by atoms with van der Waals surface area (Å²) in [5.41, 5.74) is 2.60. The van der Waals surface area contributed by atoms with Crippen LogP contribution in [0, 0.1) is 6.92 Å². The Morgan fingerprint density at radius 1 is 1.15 bits per heavy atom. The maximum atomic E-state index is 13.2. The number of sulfonamides is 1. The van der Waals surface area contributed by atoms with E-state index >= 15 is 0 Å². The van der Waals surface area contributed by atoms with E-state index in [-0.39, 0.29) is 17.9 Å². The van der Waals surface area contributed by atoms with E-state index in [4.69, 9.17) is 4.74 Å². The number of nitrogens with zero attached hydrogens (tertiary/aromatic N) is 1. The molecule has 2 aromatic carbocycles. The second kappa shape index (κ2) is 7.25. The first-order valence-electron chi connectivity index (χ1n) is 8.01. The van der Waals surface area contributed by atoms with E-state index in [2.05, 4.69) is 15.9 Å². The molecule has 0 N–H and O–H groups in total. The van der Waals surface area contributed by atoms with Crippen LogP contribution in [0.25, 0.3) is 6.08 Å². The molecule has 1 aliphatic rings. The van der Waals surface area contributed by atoms with Crippen LogP contribution in [0.15, 0.2) is 57.4 Å². The lowest BCUT2D eigenvalue weighted by molar-refractivity contribution is -0.136. The number of anilines is 1. The van der Waals surface area contributed by atoms with Crippen molar-refractivity contribution in [3.63, 3.8) is 0 Å². The summed E-state index contributed by atoms with van der Waals surface area (Å²) in [5, 5.41) is 0. The third-order valence-electron chi connectivity index (χ3n) is 4.23. The van der Waals surface area contributed by atoms with Crippen LogP contribution in [-0.2, 0) is 19.6 Å². The van der Waals surface area contributed by atoms with Gasteiger partial charge in [-0.05, 0) is 49.8 Å². The van der Waals surface area contributed by atoms with E-state index in [9.17, 15) is 13.2 Å². The van der Waals surface area contributed by atoms with Crippen LogP contribution in [-0.4, -0.2) is 28.0 Å². The van der Waals surface area contributed by atoms with Gasteiger partial charge < -0.3 is 4.74 Å². The Morgan fingerprint density at radius 2 is 1.85 bits per heavy atom. The number of benzene rings is 2. The largest absolute Gasteiger partial charge is 0.466 e. The fourth-order valence-corrected chi connectivity index (χ4v) is 4.72. The van der Waals surface area contributed by atoms with Gasteiger partial charge in [0.15, 0.2) is 0 Å². The van der Waals surface area contributed by atoms with Crippen LogP contribution in [0.3, 0.4) is 0 Å². The van der Waals surface area contributed by atoms with E-state index in [0.717, 1.165) is 10.0 Å². The molecular weight excluding hydrogens is 418 g/mol. The van der Waals surface area contributed by atoms with Gasteiger partial charge in [-0.15, -0.1) is 0 Å². The minimum absolute atomic E-state index is 0.159. The highest BCUT2D eigenvalue weighted by Crippen LogP contribution is 2.34. The van der Waals surface area contributed by atoms with Crippen molar-refractivity contribution in [2.24, 2.45) is 0 Å². The monoisotopic (exact) mass is 435 g/mol. The zero-order chi connectivity index (χ0) is 18.9. The number of fused-ring (bicyclic) bond motifs is 1. The van der Waals surface area contributed by atoms with Gasteiger partial charge in [0.2, 0.25) is 0 Å². The SMILES string of the molecule is COC(=O)C1=Cc2cc(Br)ccc2N(S(=O)(=O)c2ccc(C)cc2)CC1. The van der Waals surface area contributed by atoms with Crippen molar-refractivity contribution < 1.29 is 17.9 Å². The topological polar surface area (TPSA) is 63.7 Å². The molecule has 0 radical (unpaired) electrons. The van der Waals surface area contributed by atoms with Crippen molar-refractivity contribution in [3.05, 3.63) is 63.6 Å². The van der Waals surface area contributed by atoms with E-state index in [1.165, 1.54) is 11.4 Å². The quantitative estimate of drug-likeness (QED) is 0.685. The van der Waals surface area contributed by atoms with Gasteiger partial charge in [-0.25, -0.2) is 13.2 Å². The molecule has 136 valence electrons.